The zero-order chi connectivity index (χ0) is 69.3. The van der Waals surface area contributed by atoms with Crippen LogP contribution in [0, 0.1) is 11.8 Å². The first-order chi connectivity index (χ1) is 45.4. The van der Waals surface area contributed by atoms with Crippen molar-refractivity contribution in [3.63, 3.8) is 0 Å². The first-order valence-electron chi connectivity index (χ1n) is 39.0. The summed E-state index contributed by atoms with van der Waals surface area (Å²) < 4.78 is 68.5. The molecule has 6 atom stereocenters. The number of hydrogen-bond donors (Lipinski definition) is 3. The molecular weight excluding hydrogens is 1230 g/mol. The van der Waals surface area contributed by atoms with Crippen LogP contribution in [0.4, 0.5) is 0 Å². The van der Waals surface area contributed by atoms with Gasteiger partial charge in [0.2, 0.25) is 0 Å². The molecule has 0 saturated heterocycles. The minimum atomic E-state index is -4.96. The fourth-order valence-corrected chi connectivity index (χ4v) is 13.0. The van der Waals surface area contributed by atoms with Crippen LogP contribution in [0.5, 0.6) is 0 Å². The van der Waals surface area contributed by atoms with Crippen molar-refractivity contribution in [2.45, 2.75) is 407 Å². The zero-order valence-electron chi connectivity index (χ0n) is 61.3. The molecule has 0 aromatic rings. The van der Waals surface area contributed by atoms with E-state index in [1.54, 1.807) is 0 Å². The van der Waals surface area contributed by atoms with Gasteiger partial charge in [0, 0.05) is 25.7 Å². The second-order valence-electron chi connectivity index (χ2n) is 27.8. The van der Waals surface area contributed by atoms with Gasteiger partial charge in [0.15, 0.2) is 12.2 Å². The van der Waals surface area contributed by atoms with Crippen LogP contribution in [0.15, 0.2) is 0 Å². The zero-order valence-corrected chi connectivity index (χ0v) is 63.1. The van der Waals surface area contributed by atoms with Crippen LogP contribution in [0.1, 0.15) is 388 Å². The molecule has 3 unspecified atom stereocenters. The molecule has 3 N–H and O–H groups in total. The number of unbranched alkanes of at least 4 members (excludes halogenated alkanes) is 43. The maximum Gasteiger partial charge on any atom is 0.472 e. The lowest BCUT2D eigenvalue weighted by molar-refractivity contribution is -0.161. The number of aliphatic hydroxyl groups is 1. The van der Waals surface area contributed by atoms with E-state index in [0.29, 0.717) is 25.7 Å². The topological polar surface area (TPSA) is 237 Å². The third-order valence-electron chi connectivity index (χ3n) is 17.8. The summed E-state index contributed by atoms with van der Waals surface area (Å²) in [5.74, 6) is -0.604. The van der Waals surface area contributed by atoms with Crippen LogP contribution in [0.3, 0.4) is 0 Å². The molecule has 0 fully saturated rings. The smallest absolute Gasteiger partial charge is 0.462 e. The van der Waals surface area contributed by atoms with E-state index in [1.807, 2.05) is 0 Å². The Morgan fingerprint density at radius 1 is 0.309 bits per heavy atom. The second kappa shape index (κ2) is 66.9. The molecule has 0 aliphatic carbocycles. The monoisotopic (exact) mass is 1380 g/mol. The highest BCUT2D eigenvalue weighted by atomic mass is 31.2. The summed E-state index contributed by atoms with van der Waals surface area (Å²) in [5, 5.41) is 10.6. The number of ether oxygens (including phenoxy) is 4. The molecule has 0 heterocycles. The second-order valence-corrected chi connectivity index (χ2v) is 30.7. The Morgan fingerprint density at radius 2 is 0.543 bits per heavy atom. The minimum absolute atomic E-state index is 0.106. The van der Waals surface area contributed by atoms with Gasteiger partial charge in [-0.3, -0.25) is 37.3 Å². The number of carbonyl (C=O) groups is 4. The van der Waals surface area contributed by atoms with Gasteiger partial charge in [0.25, 0.3) is 0 Å². The lowest BCUT2D eigenvalue weighted by atomic mass is 10.00. The Hall–Kier alpha value is -1.94. The van der Waals surface area contributed by atoms with Crippen molar-refractivity contribution in [1.29, 1.82) is 0 Å². The molecule has 0 saturated carbocycles. The molecule has 0 spiro atoms. The summed E-state index contributed by atoms with van der Waals surface area (Å²) in [6.07, 6.45) is 54.1. The summed E-state index contributed by atoms with van der Waals surface area (Å²) in [5.41, 5.74) is 0. The van der Waals surface area contributed by atoms with Crippen molar-refractivity contribution < 1.29 is 80.2 Å². The highest BCUT2D eigenvalue weighted by Gasteiger charge is 2.30. The van der Waals surface area contributed by atoms with Gasteiger partial charge >= 0.3 is 39.5 Å². The molecule has 0 aromatic heterocycles. The van der Waals surface area contributed by atoms with E-state index in [1.165, 1.54) is 199 Å². The van der Waals surface area contributed by atoms with Gasteiger partial charge in [-0.25, -0.2) is 9.13 Å². The minimum Gasteiger partial charge on any atom is -0.462 e. The average Bonchev–Trinajstić information content (AvgIpc) is 1.27. The van der Waals surface area contributed by atoms with Crippen LogP contribution < -0.4 is 0 Å². The molecule has 0 aliphatic rings. The van der Waals surface area contributed by atoms with E-state index in [0.717, 1.165) is 108 Å². The van der Waals surface area contributed by atoms with E-state index in [4.69, 9.17) is 37.0 Å². The predicted molar refractivity (Wildman–Crippen MR) is 381 cm³/mol. The van der Waals surface area contributed by atoms with Gasteiger partial charge in [-0.2, -0.15) is 0 Å². The lowest BCUT2D eigenvalue weighted by Gasteiger charge is -2.21. The van der Waals surface area contributed by atoms with Crippen molar-refractivity contribution in [2.75, 3.05) is 39.6 Å². The number of rotatable bonds is 74. The third kappa shape index (κ3) is 67.3. The molecule has 0 radical (unpaired) electrons. The van der Waals surface area contributed by atoms with E-state index < -0.39 is 97.5 Å². The number of phosphoric ester groups is 2. The largest absolute Gasteiger partial charge is 0.472 e. The van der Waals surface area contributed by atoms with Gasteiger partial charge in [0.1, 0.15) is 19.3 Å². The summed E-state index contributed by atoms with van der Waals surface area (Å²) in [7, 11) is -9.91. The highest BCUT2D eigenvalue weighted by molar-refractivity contribution is 7.47. The van der Waals surface area contributed by atoms with Gasteiger partial charge in [-0.05, 0) is 37.5 Å². The molecule has 19 heteroatoms. The number of aliphatic hydroxyl groups excluding tert-OH is 1. The maximum absolute atomic E-state index is 13.1. The summed E-state index contributed by atoms with van der Waals surface area (Å²) in [6.45, 7) is 9.56. The Balaban J connectivity index is 5.24. The molecular formula is C75H146O17P2. The quantitative estimate of drug-likeness (QED) is 0.0222. The van der Waals surface area contributed by atoms with Crippen LogP contribution in [0.2, 0.25) is 0 Å². The van der Waals surface area contributed by atoms with Crippen molar-refractivity contribution in [3.05, 3.63) is 0 Å². The lowest BCUT2D eigenvalue weighted by Crippen LogP contribution is -2.30. The molecule has 0 rings (SSSR count). The first kappa shape index (κ1) is 92.1. The Bertz CT molecular complexity index is 1820. The Kier molecular flexibility index (Phi) is 65.5. The summed E-state index contributed by atoms with van der Waals surface area (Å²) >= 11 is 0. The number of phosphoric acid groups is 2. The fraction of sp³-hybridized carbons (Fsp3) is 0.947. The van der Waals surface area contributed by atoms with Crippen LogP contribution in [0.25, 0.3) is 0 Å². The maximum atomic E-state index is 13.1. The van der Waals surface area contributed by atoms with Crippen molar-refractivity contribution in [1.82, 2.24) is 0 Å². The fourth-order valence-electron chi connectivity index (χ4n) is 11.4. The summed E-state index contributed by atoms with van der Waals surface area (Å²) in [6, 6.07) is 0. The molecule has 0 aliphatic heterocycles. The van der Waals surface area contributed by atoms with Crippen LogP contribution in [-0.4, -0.2) is 96.7 Å². The molecule has 0 amide bonds. The van der Waals surface area contributed by atoms with Crippen molar-refractivity contribution >= 4 is 39.5 Å². The van der Waals surface area contributed by atoms with Gasteiger partial charge in [-0.15, -0.1) is 0 Å². The summed E-state index contributed by atoms with van der Waals surface area (Å²) in [4.78, 5) is 72.7. The van der Waals surface area contributed by atoms with Crippen LogP contribution in [-0.2, 0) is 65.4 Å². The van der Waals surface area contributed by atoms with E-state index in [-0.39, 0.29) is 25.7 Å². The normalized spacial score (nSPS) is 14.3. The molecule has 0 bridgehead atoms. The molecule has 0 aromatic carbocycles. The standard InChI is InChI=1S/C75H146O17P2/c1-7-10-12-14-16-18-20-21-22-23-24-25-26-32-36-40-48-54-60-75(80)91-70(63-85-72(77)57-51-45-38-34-31-28-27-30-33-37-43-49-55-67(4)5)65-89-93(81,82)87-61-69(76)62-88-94(83,84)90-66-71(64-86-73(78)58-52-46-42-41-44-50-56-68(6)9-3)92-74(79)59-53-47-39-35-29-19-17-15-13-11-8-2/h67-71,76H,7-66H2,1-6H3,(H,81,82)(H,83,84)/t68?,69-,70-,71-/m1/s1. The Labute approximate surface area is 575 Å². The van der Waals surface area contributed by atoms with Crippen molar-refractivity contribution in [3.8, 4) is 0 Å². The van der Waals surface area contributed by atoms with E-state index in [2.05, 4.69) is 41.5 Å². The SMILES string of the molecule is CCCCCCCCCCCCCCCCCCCCC(=O)O[C@H](COC(=O)CCCCCCCCCCCCCCC(C)C)COP(=O)(O)OC[C@@H](O)COP(=O)(O)OC[C@@H](COC(=O)CCCCCCCCC(C)CC)OC(=O)CCCCCCCCCCCCC. The van der Waals surface area contributed by atoms with E-state index in [9.17, 15) is 43.2 Å². The van der Waals surface area contributed by atoms with Gasteiger partial charge in [-0.1, -0.05) is 337 Å². The third-order valence-corrected chi connectivity index (χ3v) is 19.7. The first-order valence-corrected chi connectivity index (χ1v) is 42.0. The van der Waals surface area contributed by atoms with Crippen molar-refractivity contribution in [2.24, 2.45) is 11.8 Å². The van der Waals surface area contributed by atoms with E-state index >= 15 is 0 Å². The number of esters is 4. The predicted octanol–water partition coefficient (Wildman–Crippen LogP) is 21.9. The molecule has 17 nitrogen and oxygen atoms in total. The molecule has 558 valence electrons. The average molecular weight is 1380 g/mol. The van der Waals surface area contributed by atoms with Crippen LogP contribution >= 0.6 is 15.6 Å². The Morgan fingerprint density at radius 3 is 0.809 bits per heavy atom. The highest BCUT2D eigenvalue weighted by Crippen LogP contribution is 2.45. The van der Waals surface area contributed by atoms with Gasteiger partial charge < -0.3 is 33.8 Å². The number of hydrogen-bond acceptors (Lipinski definition) is 15. The molecule has 94 heavy (non-hydrogen) atoms. The number of carbonyl (C=O) groups excluding carboxylic acids is 4. The van der Waals surface area contributed by atoms with Gasteiger partial charge in [0.05, 0.1) is 26.4 Å².